The Morgan fingerprint density at radius 2 is 1.61 bits per heavy atom. The summed E-state index contributed by atoms with van der Waals surface area (Å²) >= 11 is 0. The van der Waals surface area contributed by atoms with Gasteiger partial charge in [0.1, 0.15) is 0 Å². The van der Waals surface area contributed by atoms with E-state index in [-0.39, 0.29) is 5.56 Å². The molecule has 0 aromatic heterocycles. The van der Waals surface area contributed by atoms with Crippen LogP contribution in [0.25, 0.3) is 11.1 Å². The molecule has 0 amide bonds. The third kappa shape index (κ3) is 2.45. The number of hydrogen-bond donors (Lipinski definition) is 0. The Morgan fingerprint density at radius 3 is 2.17 bits per heavy atom. The molecule has 0 heterocycles. The van der Waals surface area contributed by atoms with E-state index in [4.69, 9.17) is 0 Å². The van der Waals surface area contributed by atoms with Crippen molar-refractivity contribution in [1.82, 2.24) is 0 Å². The zero-order chi connectivity index (χ0) is 13.2. The standard InChI is InChI=1S/C15H12F2O/c1-15(16,17)13-8-6-11(7-9-13)14-5-3-2-4-12(14)10-18/h2-10H,1H3. The van der Waals surface area contributed by atoms with Gasteiger partial charge in [0, 0.05) is 18.1 Å². The molecule has 0 N–H and O–H groups in total. The normalized spacial score (nSPS) is 11.3. The summed E-state index contributed by atoms with van der Waals surface area (Å²) in [7, 11) is 0. The monoisotopic (exact) mass is 246 g/mol. The van der Waals surface area contributed by atoms with Gasteiger partial charge in [0.2, 0.25) is 0 Å². The number of carbonyl (C=O) groups is 1. The molecule has 0 aliphatic carbocycles. The average molecular weight is 246 g/mol. The number of aldehydes is 1. The van der Waals surface area contributed by atoms with Crippen molar-refractivity contribution in [2.24, 2.45) is 0 Å². The smallest absolute Gasteiger partial charge is 0.270 e. The number of halogens is 2. The van der Waals surface area contributed by atoms with Crippen LogP contribution < -0.4 is 0 Å². The van der Waals surface area contributed by atoms with E-state index in [0.29, 0.717) is 5.56 Å². The first-order valence-corrected chi connectivity index (χ1v) is 5.55. The molecular formula is C15H12F2O. The molecule has 0 saturated heterocycles. The number of benzene rings is 2. The van der Waals surface area contributed by atoms with Crippen molar-refractivity contribution < 1.29 is 13.6 Å². The highest BCUT2D eigenvalue weighted by Gasteiger charge is 2.23. The molecule has 2 aromatic carbocycles. The molecule has 0 spiro atoms. The lowest BCUT2D eigenvalue weighted by atomic mass is 9.98. The van der Waals surface area contributed by atoms with Crippen LogP contribution >= 0.6 is 0 Å². The van der Waals surface area contributed by atoms with Crippen molar-refractivity contribution in [3.63, 3.8) is 0 Å². The fourth-order valence-electron chi connectivity index (χ4n) is 1.81. The van der Waals surface area contributed by atoms with Gasteiger partial charge >= 0.3 is 0 Å². The summed E-state index contributed by atoms with van der Waals surface area (Å²) in [5.41, 5.74) is 2.02. The molecule has 3 heteroatoms. The molecule has 0 aliphatic heterocycles. The number of rotatable bonds is 3. The van der Waals surface area contributed by atoms with Crippen molar-refractivity contribution in [3.05, 3.63) is 59.7 Å². The molecule has 2 rings (SSSR count). The third-order valence-electron chi connectivity index (χ3n) is 2.79. The van der Waals surface area contributed by atoms with Crippen molar-refractivity contribution in [3.8, 4) is 11.1 Å². The van der Waals surface area contributed by atoms with Crippen LogP contribution in [0, 0.1) is 0 Å². The Hall–Kier alpha value is -2.03. The zero-order valence-corrected chi connectivity index (χ0v) is 9.86. The van der Waals surface area contributed by atoms with Crippen LogP contribution in [-0.4, -0.2) is 6.29 Å². The van der Waals surface area contributed by atoms with Crippen molar-refractivity contribution in [2.45, 2.75) is 12.8 Å². The summed E-state index contributed by atoms with van der Waals surface area (Å²) in [6.45, 7) is 0.862. The number of carbonyl (C=O) groups excluding carboxylic acids is 1. The molecule has 0 fully saturated rings. The first-order chi connectivity index (χ1) is 8.52. The van der Waals surface area contributed by atoms with Crippen molar-refractivity contribution >= 4 is 6.29 Å². The highest BCUT2D eigenvalue weighted by atomic mass is 19.3. The number of hydrogen-bond acceptors (Lipinski definition) is 1. The van der Waals surface area contributed by atoms with E-state index >= 15 is 0 Å². The van der Waals surface area contributed by atoms with Crippen LogP contribution in [-0.2, 0) is 5.92 Å². The molecule has 0 bridgehead atoms. The minimum absolute atomic E-state index is 0.0326. The Balaban J connectivity index is 2.44. The van der Waals surface area contributed by atoms with Gasteiger partial charge in [-0.15, -0.1) is 0 Å². The van der Waals surface area contributed by atoms with Crippen LogP contribution in [0.1, 0.15) is 22.8 Å². The van der Waals surface area contributed by atoms with Crippen LogP contribution in [0.2, 0.25) is 0 Å². The molecule has 0 radical (unpaired) electrons. The summed E-state index contributed by atoms with van der Waals surface area (Å²) in [5, 5.41) is 0. The van der Waals surface area contributed by atoms with E-state index in [9.17, 15) is 13.6 Å². The highest BCUT2D eigenvalue weighted by Crippen LogP contribution is 2.29. The lowest BCUT2D eigenvalue weighted by Crippen LogP contribution is -2.06. The summed E-state index contributed by atoms with van der Waals surface area (Å²) in [6, 6.07) is 13.1. The van der Waals surface area contributed by atoms with Gasteiger partial charge in [0.05, 0.1) is 0 Å². The van der Waals surface area contributed by atoms with Crippen molar-refractivity contribution in [2.75, 3.05) is 0 Å². The predicted octanol–water partition coefficient (Wildman–Crippen LogP) is 4.28. The topological polar surface area (TPSA) is 17.1 Å². The molecule has 2 aromatic rings. The summed E-state index contributed by atoms with van der Waals surface area (Å²) in [5.74, 6) is -2.84. The van der Waals surface area contributed by atoms with E-state index in [1.54, 1.807) is 30.3 Å². The second-order valence-corrected chi connectivity index (χ2v) is 4.17. The second-order valence-electron chi connectivity index (χ2n) is 4.17. The van der Waals surface area contributed by atoms with Gasteiger partial charge in [-0.05, 0) is 11.1 Å². The minimum Gasteiger partial charge on any atom is -0.298 e. The molecule has 18 heavy (non-hydrogen) atoms. The fourth-order valence-corrected chi connectivity index (χ4v) is 1.81. The fraction of sp³-hybridized carbons (Fsp3) is 0.133. The Kier molecular flexibility index (Phi) is 3.24. The summed E-state index contributed by atoms with van der Waals surface area (Å²) < 4.78 is 26.2. The van der Waals surface area contributed by atoms with Crippen molar-refractivity contribution in [1.29, 1.82) is 0 Å². The van der Waals surface area contributed by atoms with E-state index in [1.165, 1.54) is 12.1 Å². The summed E-state index contributed by atoms with van der Waals surface area (Å²) in [6.07, 6.45) is 0.762. The van der Waals surface area contributed by atoms with E-state index in [1.807, 2.05) is 6.07 Å². The highest BCUT2D eigenvalue weighted by molar-refractivity contribution is 5.87. The van der Waals surface area contributed by atoms with Gasteiger partial charge in [-0.3, -0.25) is 4.79 Å². The maximum Gasteiger partial charge on any atom is 0.270 e. The molecule has 0 atom stereocenters. The summed E-state index contributed by atoms with van der Waals surface area (Å²) in [4.78, 5) is 10.9. The molecule has 0 aliphatic rings. The van der Waals surface area contributed by atoms with Gasteiger partial charge in [0.15, 0.2) is 6.29 Å². The van der Waals surface area contributed by atoms with Gasteiger partial charge < -0.3 is 0 Å². The third-order valence-corrected chi connectivity index (χ3v) is 2.79. The molecule has 0 unspecified atom stereocenters. The maximum atomic E-state index is 13.1. The lowest BCUT2D eigenvalue weighted by molar-refractivity contribution is 0.0175. The quantitative estimate of drug-likeness (QED) is 0.739. The molecule has 1 nitrogen and oxygen atoms in total. The SMILES string of the molecule is CC(F)(F)c1ccc(-c2ccccc2C=O)cc1. The van der Waals surface area contributed by atoms with Gasteiger partial charge in [0.25, 0.3) is 5.92 Å². The van der Waals surface area contributed by atoms with E-state index in [0.717, 1.165) is 24.3 Å². The minimum atomic E-state index is -2.84. The van der Waals surface area contributed by atoms with Gasteiger partial charge in [-0.2, -0.15) is 0 Å². The van der Waals surface area contributed by atoms with E-state index in [2.05, 4.69) is 0 Å². The Morgan fingerprint density at radius 1 is 1.00 bits per heavy atom. The molecular weight excluding hydrogens is 234 g/mol. The largest absolute Gasteiger partial charge is 0.298 e. The zero-order valence-electron chi connectivity index (χ0n) is 9.86. The first-order valence-electron chi connectivity index (χ1n) is 5.55. The Bertz CT molecular complexity index is 553. The van der Waals surface area contributed by atoms with Gasteiger partial charge in [-0.25, -0.2) is 8.78 Å². The van der Waals surface area contributed by atoms with Gasteiger partial charge in [-0.1, -0.05) is 48.5 Å². The Labute approximate surface area is 104 Å². The van der Waals surface area contributed by atoms with Crippen LogP contribution in [0.15, 0.2) is 48.5 Å². The van der Waals surface area contributed by atoms with E-state index < -0.39 is 5.92 Å². The average Bonchev–Trinajstić information content (AvgIpc) is 2.38. The lowest BCUT2D eigenvalue weighted by Gasteiger charge is -2.11. The maximum absolute atomic E-state index is 13.1. The number of alkyl halides is 2. The second kappa shape index (κ2) is 4.69. The van der Waals surface area contributed by atoms with Crippen LogP contribution in [0.4, 0.5) is 8.78 Å². The first kappa shape index (κ1) is 12.4. The predicted molar refractivity (Wildman–Crippen MR) is 66.8 cm³/mol. The van der Waals surface area contributed by atoms with Crippen LogP contribution in [0.3, 0.4) is 0 Å². The van der Waals surface area contributed by atoms with Crippen LogP contribution in [0.5, 0.6) is 0 Å². The molecule has 92 valence electrons. The molecule has 0 saturated carbocycles.